The third kappa shape index (κ3) is 0.543. The van der Waals surface area contributed by atoms with E-state index in [0.29, 0.717) is 5.25 Å². The molecule has 0 nitrogen and oxygen atoms in total. The van der Waals surface area contributed by atoms with Crippen LogP contribution in [-0.4, -0.2) is 5.25 Å². The van der Waals surface area contributed by atoms with Crippen molar-refractivity contribution in [1.29, 1.82) is 0 Å². The van der Waals surface area contributed by atoms with Crippen LogP contribution in [0.5, 0.6) is 0 Å². The second kappa shape index (κ2) is 1.66. The number of allylic oxidation sites excluding steroid dienone is 2. The molecule has 1 radical (unpaired) electrons. The van der Waals surface area contributed by atoms with E-state index < -0.39 is 0 Å². The molecule has 2 atom stereocenters. The van der Waals surface area contributed by atoms with Crippen molar-refractivity contribution in [2.75, 3.05) is 0 Å². The number of hydrogen-bond donors (Lipinski definition) is 0. The minimum Gasteiger partial charge on any atom is -0.126 e. The molecule has 0 aromatic heterocycles. The molecule has 1 aliphatic carbocycles. The molecule has 0 N–H and O–H groups in total. The first kappa shape index (κ1) is 4.68. The SMILES string of the molecule is [C]1=CCC2C=CSC12. The third-order valence-corrected chi connectivity index (χ3v) is 2.71. The fourth-order valence-electron chi connectivity index (χ4n) is 1.12. The van der Waals surface area contributed by atoms with Gasteiger partial charge in [0.15, 0.2) is 0 Å². The van der Waals surface area contributed by atoms with Crippen LogP contribution in [0.4, 0.5) is 0 Å². The summed E-state index contributed by atoms with van der Waals surface area (Å²) in [6.45, 7) is 0. The molecule has 2 aliphatic rings. The number of fused-ring (bicyclic) bond motifs is 1. The molecule has 0 aromatic rings. The van der Waals surface area contributed by atoms with Gasteiger partial charge in [-0.05, 0) is 23.8 Å². The van der Waals surface area contributed by atoms with Crippen molar-refractivity contribution in [2.24, 2.45) is 5.92 Å². The predicted molar refractivity (Wildman–Crippen MR) is 36.4 cm³/mol. The lowest BCUT2D eigenvalue weighted by Crippen LogP contribution is -2.00. The van der Waals surface area contributed by atoms with Crippen LogP contribution in [0.3, 0.4) is 0 Å². The Kier molecular flexibility index (Phi) is 0.971. The highest BCUT2D eigenvalue weighted by molar-refractivity contribution is 8.03. The number of rotatable bonds is 0. The summed E-state index contributed by atoms with van der Waals surface area (Å²) >= 11 is 1.89. The second-order valence-electron chi connectivity index (χ2n) is 2.16. The van der Waals surface area contributed by atoms with Gasteiger partial charge in [0.25, 0.3) is 0 Å². The Labute approximate surface area is 53.7 Å². The van der Waals surface area contributed by atoms with Crippen LogP contribution in [0.2, 0.25) is 0 Å². The second-order valence-corrected chi connectivity index (χ2v) is 3.21. The van der Waals surface area contributed by atoms with Crippen LogP contribution in [0.25, 0.3) is 0 Å². The summed E-state index contributed by atoms with van der Waals surface area (Å²) in [4.78, 5) is 0. The summed E-state index contributed by atoms with van der Waals surface area (Å²) in [7, 11) is 0. The lowest BCUT2D eigenvalue weighted by Gasteiger charge is -2.02. The van der Waals surface area contributed by atoms with Crippen molar-refractivity contribution in [3.05, 3.63) is 23.6 Å². The summed E-state index contributed by atoms with van der Waals surface area (Å²) in [6, 6.07) is 0. The molecule has 0 spiro atoms. The van der Waals surface area contributed by atoms with Gasteiger partial charge >= 0.3 is 0 Å². The first-order valence-corrected chi connectivity index (χ1v) is 3.81. The number of thioether (sulfide) groups is 1. The normalized spacial score (nSPS) is 41.0. The molecular formula is C7H7S. The fourth-order valence-corrected chi connectivity index (χ4v) is 2.16. The molecule has 0 aromatic carbocycles. The van der Waals surface area contributed by atoms with Crippen LogP contribution in [0.15, 0.2) is 17.6 Å². The Hall–Kier alpha value is -0.170. The van der Waals surface area contributed by atoms with Crippen LogP contribution in [0, 0.1) is 12.0 Å². The molecule has 2 unspecified atom stereocenters. The average Bonchev–Trinajstić information content (AvgIpc) is 2.15. The highest BCUT2D eigenvalue weighted by Gasteiger charge is 2.23. The van der Waals surface area contributed by atoms with Gasteiger partial charge in [0.1, 0.15) is 0 Å². The van der Waals surface area contributed by atoms with Gasteiger partial charge in [-0.3, -0.25) is 0 Å². The van der Waals surface area contributed by atoms with E-state index in [4.69, 9.17) is 0 Å². The van der Waals surface area contributed by atoms with Gasteiger partial charge in [-0.15, -0.1) is 11.8 Å². The fraction of sp³-hybridized carbons (Fsp3) is 0.429. The van der Waals surface area contributed by atoms with Crippen molar-refractivity contribution in [1.82, 2.24) is 0 Å². The summed E-state index contributed by atoms with van der Waals surface area (Å²) in [5.74, 6) is 0.792. The Bertz CT molecular complexity index is 128. The lowest BCUT2D eigenvalue weighted by molar-refractivity contribution is 0.737. The van der Waals surface area contributed by atoms with Crippen molar-refractivity contribution in [2.45, 2.75) is 11.7 Å². The van der Waals surface area contributed by atoms with Gasteiger partial charge in [-0.1, -0.05) is 12.2 Å². The molecule has 8 heavy (non-hydrogen) atoms. The van der Waals surface area contributed by atoms with E-state index in [1.807, 2.05) is 11.8 Å². The largest absolute Gasteiger partial charge is 0.126 e. The van der Waals surface area contributed by atoms with Crippen LogP contribution in [0.1, 0.15) is 6.42 Å². The van der Waals surface area contributed by atoms with Crippen LogP contribution in [-0.2, 0) is 0 Å². The zero-order valence-corrected chi connectivity index (χ0v) is 5.32. The van der Waals surface area contributed by atoms with Gasteiger partial charge in [0.2, 0.25) is 0 Å². The van der Waals surface area contributed by atoms with E-state index >= 15 is 0 Å². The van der Waals surface area contributed by atoms with Gasteiger partial charge in [0.05, 0.1) is 0 Å². The zero-order chi connectivity index (χ0) is 5.40. The van der Waals surface area contributed by atoms with Crippen molar-refractivity contribution < 1.29 is 0 Å². The van der Waals surface area contributed by atoms with E-state index in [0.717, 1.165) is 5.92 Å². The maximum Gasteiger partial charge on any atom is 0.0404 e. The highest BCUT2D eigenvalue weighted by Crippen LogP contribution is 2.36. The third-order valence-electron chi connectivity index (χ3n) is 1.61. The molecule has 41 valence electrons. The molecule has 1 heterocycles. The summed E-state index contributed by atoms with van der Waals surface area (Å²) in [5.41, 5.74) is 0. The van der Waals surface area contributed by atoms with Crippen molar-refractivity contribution in [3.63, 3.8) is 0 Å². The molecule has 0 amide bonds. The minimum absolute atomic E-state index is 0.676. The van der Waals surface area contributed by atoms with Crippen LogP contribution < -0.4 is 0 Å². The first-order chi connectivity index (χ1) is 3.97. The Morgan fingerprint density at radius 3 is 3.50 bits per heavy atom. The maximum absolute atomic E-state index is 3.29. The van der Waals surface area contributed by atoms with E-state index in [-0.39, 0.29) is 0 Å². The molecule has 0 saturated heterocycles. The predicted octanol–water partition coefficient (Wildman–Crippen LogP) is 1.99. The maximum atomic E-state index is 3.29. The molecule has 0 saturated carbocycles. The van der Waals surface area contributed by atoms with Gasteiger partial charge < -0.3 is 0 Å². The van der Waals surface area contributed by atoms with Gasteiger partial charge in [0, 0.05) is 5.25 Å². The van der Waals surface area contributed by atoms with Crippen molar-refractivity contribution in [3.8, 4) is 0 Å². The Morgan fingerprint density at radius 1 is 1.62 bits per heavy atom. The van der Waals surface area contributed by atoms with Crippen molar-refractivity contribution >= 4 is 11.8 Å². The lowest BCUT2D eigenvalue weighted by atomic mass is 10.1. The molecule has 1 heteroatoms. The van der Waals surface area contributed by atoms with E-state index in [1.54, 1.807) is 0 Å². The average molecular weight is 123 g/mol. The van der Waals surface area contributed by atoms with E-state index in [9.17, 15) is 0 Å². The number of hydrogen-bond acceptors (Lipinski definition) is 1. The molecule has 2 rings (SSSR count). The Balaban J connectivity index is 2.20. The minimum atomic E-state index is 0.676. The monoisotopic (exact) mass is 123 g/mol. The molecule has 0 fully saturated rings. The highest BCUT2D eigenvalue weighted by atomic mass is 32.2. The summed E-state index contributed by atoms with van der Waals surface area (Å²) < 4.78 is 0. The smallest absolute Gasteiger partial charge is 0.0404 e. The zero-order valence-electron chi connectivity index (χ0n) is 4.50. The Morgan fingerprint density at radius 2 is 2.62 bits per heavy atom. The summed E-state index contributed by atoms with van der Waals surface area (Å²) in [6.07, 6.45) is 8.95. The van der Waals surface area contributed by atoms with Crippen LogP contribution >= 0.6 is 11.8 Å². The molecular weight excluding hydrogens is 116 g/mol. The van der Waals surface area contributed by atoms with Gasteiger partial charge in [-0.2, -0.15) is 0 Å². The van der Waals surface area contributed by atoms with E-state index in [1.165, 1.54) is 6.42 Å². The quantitative estimate of drug-likeness (QED) is 0.474. The summed E-state index contributed by atoms with van der Waals surface area (Å²) in [5, 5.41) is 2.87. The standard InChI is InChI=1S/C7H7S/c1-2-6-4-5-8-7(6)3-1/h1,4-7H,2H2. The first-order valence-electron chi connectivity index (χ1n) is 2.87. The van der Waals surface area contributed by atoms with Gasteiger partial charge in [-0.25, -0.2) is 0 Å². The topological polar surface area (TPSA) is 0 Å². The molecule has 1 aliphatic heterocycles. The van der Waals surface area contributed by atoms with E-state index in [2.05, 4.69) is 23.6 Å². The molecule has 0 bridgehead atoms.